The van der Waals surface area contributed by atoms with Crippen LogP contribution in [-0.2, 0) is 4.79 Å². The topological polar surface area (TPSA) is 64.1 Å². The van der Waals surface area contributed by atoms with Crippen LogP contribution in [0.2, 0.25) is 5.02 Å². The van der Waals surface area contributed by atoms with Crippen molar-refractivity contribution >= 4 is 35.0 Å². The molecule has 0 unspecified atom stereocenters. The number of nitrogens with one attached hydrogen (secondary N) is 1. The predicted molar refractivity (Wildman–Crippen MR) is 110 cm³/mol. The van der Waals surface area contributed by atoms with E-state index in [0.717, 1.165) is 17.0 Å². The van der Waals surface area contributed by atoms with Crippen LogP contribution >= 0.6 is 23.4 Å². The van der Waals surface area contributed by atoms with E-state index in [1.54, 1.807) is 25.3 Å². The molecule has 3 rings (SSSR count). The zero-order valence-corrected chi connectivity index (χ0v) is 16.5. The second-order valence-corrected chi connectivity index (χ2v) is 7.08. The fourth-order valence-electron chi connectivity index (χ4n) is 2.43. The first-order valence-electron chi connectivity index (χ1n) is 8.22. The van der Waals surface area contributed by atoms with Gasteiger partial charge in [0.25, 0.3) is 0 Å². The molecule has 0 radical (unpaired) electrons. The Bertz CT molecular complexity index is 951. The largest absolute Gasteiger partial charge is 0.495 e. The Hall–Kier alpha value is -2.57. The molecule has 1 aromatic heterocycles. The van der Waals surface area contributed by atoms with Crippen molar-refractivity contribution in [2.24, 2.45) is 0 Å². The first-order valence-corrected chi connectivity index (χ1v) is 9.59. The molecule has 1 amide bonds. The molecule has 0 aliphatic carbocycles. The third-order valence-electron chi connectivity index (χ3n) is 3.67. The zero-order valence-electron chi connectivity index (χ0n) is 14.9. The maximum atomic E-state index is 12.2. The van der Waals surface area contributed by atoms with Gasteiger partial charge < -0.3 is 10.1 Å². The Morgan fingerprint density at radius 2 is 1.93 bits per heavy atom. The van der Waals surface area contributed by atoms with Gasteiger partial charge in [0.15, 0.2) is 5.16 Å². The molecule has 0 spiro atoms. The lowest BCUT2D eigenvalue weighted by molar-refractivity contribution is -0.113. The van der Waals surface area contributed by atoms with Crippen molar-refractivity contribution in [2.75, 3.05) is 18.2 Å². The molecule has 5 nitrogen and oxygen atoms in total. The molecular weight excluding hydrogens is 382 g/mol. The number of nitrogens with zero attached hydrogens (tertiary/aromatic N) is 2. The van der Waals surface area contributed by atoms with Gasteiger partial charge in [-0.15, -0.1) is 0 Å². The molecule has 0 saturated heterocycles. The van der Waals surface area contributed by atoms with Gasteiger partial charge in [0.1, 0.15) is 5.75 Å². The highest BCUT2D eigenvalue weighted by Crippen LogP contribution is 2.27. The highest BCUT2D eigenvalue weighted by molar-refractivity contribution is 7.99. The zero-order chi connectivity index (χ0) is 19.2. The average Bonchev–Trinajstić information content (AvgIpc) is 2.67. The van der Waals surface area contributed by atoms with Gasteiger partial charge in [-0.1, -0.05) is 53.7 Å². The Balaban J connectivity index is 1.65. The molecule has 0 aliphatic heterocycles. The molecular formula is C20H18ClN3O2S. The number of carbonyl (C=O) groups is 1. The number of anilines is 1. The van der Waals surface area contributed by atoms with Crippen LogP contribution in [0.15, 0.2) is 59.8 Å². The summed E-state index contributed by atoms with van der Waals surface area (Å²) in [7, 11) is 1.54. The fourth-order valence-corrected chi connectivity index (χ4v) is 3.40. The van der Waals surface area contributed by atoms with E-state index in [4.69, 9.17) is 16.3 Å². The minimum Gasteiger partial charge on any atom is -0.495 e. The van der Waals surface area contributed by atoms with Crippen molar-refractivity contribution in [1.29, 1.82) is 0 Å². The Morgan fingerprint density at radius 1 is 1.15 bits per heavy atom. The van der Waals surface area contributed by atoms with Gasteiger partial charge in [0, 0.05) is 16.9 Å². The van der Waals surface area contributed by atoms with Gasteiger partial charge >= 0.3 is 0 Å². The number of rotatable bonds is 6. The number of ether oxygens (including phenoxy) is 1. The van der Waals surface area contributed by atoms with E-state index in [1.165, 1.54) is 11.8 Å². The minimum atomic E-state index is -0.160. The molecule has 0 fully saturated rings. The quantitative estimate of drug-likeness (QED) is 0.474. The number of hydrogen-bond acceptors (Lipinski definition) is 5. The summed E-state index contributed by atoms with van der Waals surface area (Å²) >= 11 is 7.37. The highest BCUT2D eigenvalue weighted by atomic mass is 35.5. The third-order valence-corrected chi connectivity index (χ3v) is 4.81. The van der Waals surface area contributed by atoms with E-state index in [2.05, 4.69) is 15.3 Å². The van der Waals surface area contributed by atoms with Crippen LogP contribution in [0.4, 0.5) is 5.69 Å². The molecule has 0 aliphatic rings. The Labute approximate surface area is 167 Å². The third kappa shape index (κ3) is 5.21. The van der Waals surface area contributed by atoms with Crippen LogP contribution < -0.4 is 10.1 Å². The lowest BCUT2D eigenvalue weighted by Gasteiger charge is -2.08. The summed E-state index contributed by atoms with van der Waals surface area (Å²) in [6.07, 6.45) is 0. The SMILES string of the molecule is COc1ccc(NC(=O)CSc2nc(C)cc(-c3ccccc3)n2)cc1Cl. The van der Waals surface area contributed by atoms with Crippen molar-refractivity contribution in [3.8, 4) is 17.0 Å². The summed E-state index contributed by atoms with van der Waals surface area (Å²) in [6.45, 7) is 1.91. The predicted octanol–water partition coefficient (Wildman–Crippen LogP) is 4.84. The lowest BCUT2D eigenvalue weighted by atomic mass is 10.1. The van der Waals surface area contributed by atoms with Crippen molar-refractivity contribution in [2.45, 2.75) is 12.1 Å². The van der Waals surface area contributed by atoms with E-state index in [-0.39, 0.29) is 11.7 Å². The summed E-state index contributed by atoms with van der Waals surface area (Å²) in [5, 5.41) is 3.82. The van der Waals surface area contributed by atoms with E-state index < -0.39 is 0 Å². The van der Waals surface area contributed by atoms with Gasteiger partial charge in [-0.2, -0.15) is 0 Å². The summed E-state index contributed by atoms with van der Waals surface area (Å²) in [4.78, 5) is 21.2. The number of aryl methyl sites for hydroxylation is 1. The van der Waals surface area contributed by atoms with Gasteiger partial charge in [0.05, 0.1) is 23.6 Å². The van der Waals surface area contributed by atoms with E-state index >= 15 is 0 Å². The molecule has 0 saturated carbocycles. The van der Waals surface area contributed by atoms with E-state index in [1.807, 2.05) is 43.3 Å². The van der Waals surface area contributed by atoms with Crippen LogP contribution in [0.1, 0.15) is 5.69 Å². The van der Waals surface area contributed by atoms with Crippen LogP contribution in [0, 0.1) is 6.92 Å². The van der Waals surface area contributed by atoms with Gasteiger partial charge in [-0.25, -0.2) is 9.97 Å². The molecule has 138 valence electrons. The van der Waals surface area contributed by atoms with E-state index in [9.17, 15) is 4.79 Å². The lowest BCUT2D eigenvalue weighted by Crippen LogP contribution is -2.14. The number of amides is 1. The van der Waals surface area contributed by atoms with Gasteiger partial charge in [-0.05, 0) is 31.2 Å². The number of thioether (sulfide) groups is 1. The number of methoxy groups -OCH3 is 1. The number of hydrogen-bond donors (Lipinski definition) is 1. The number of carbonyl (C=O) groups excluding carboxylic acids is 1. The second-order valence-electron chi connectivity index (χ2n) is 5.73. The summed E-state index contributed by atoms with van der Waals surface area (Å²) in [6, 6.07) is 16.9. The molecule has 1 heterocycles. The first-order chi connectivity index (χ1) is 13.0. The fraction of sp³-hybridized carbons (Fsp3) is 0.150. The van der Waals surface area contributed by atoms with E-state index in [0.29, 0.717) is 21.6 Å². The monoisotopic (exact) mass is 399 g/mol. The summed E-state index contributed by atoms with van der Waals surface area (Å²) in [5.41, 5.74) is 3.32. The average molecular weight is 400 g/mol. The van der Waals surface area contributed by atoms with Crippen LogP contribution in [0.25, 0.3) is 11.3 Å². The Kier molecular flexibility index (Phi) is 6.32. The molecule has 7 heteroatoms. The Morgan fingerprint density at radius 3 is 2.63 bits per heavy atom. The highest BCUT2D eigenvalue weighted by Gasteiger charge is 2.10. The molecule has 27 heavy (non-hydrogen) atoms. The molecule has 0 bridgehead atoms. The van der Waals surface area contributed by atoms with Crippen LogP contribution in [-0.4, -0.2) is 28.7 Å². The van der Waals surface area contributed by atoms with Crippen molar-refractivity contribution in [3.63, 3.8) is 0 Å². The van der Waals surface area contributed by atoms with Crippen molar-refractivity contribution in [1.82, 2.24) is 9.97 Å². The van der Waals surface area contributed by atoms with Crippen LogP contribution in [0.5, 0.6) is 5.75 Å². The summed E-state index contributed by atoms with van der Waals surface area (Å²) < 4.78 is 5.10. The first kappa shape index (κ1) is 19.2. The van der Waals surface area contributed by atoms with Gasteiger partial charge in [-0.3, -0.25) is 4.79 Å². The molecule has 1 N–H and O–H groups in total. The number of aromatic nitrogens is 2. The maximum absolute atomic E-state index is 12.2. The smallest absolute Gasteiger partial charge is 0.234 e. The summed E-state index contributed by atoms with van der Waals surface area (Å²) in [5.74, 6) is 0.597. The number of benzene rings is 2. The second kappa shape index (κ2) is 8.88. The molecule has 3 aromatic rings. The molecule has 0 atom stereocenters. The van der Waals surface area contributed by atoms with Crippen molar-refractivity contribution < 1.29 is 9.53 Å². The standard InChI is InChI=1S/C20H18ClN3O2S/c1-13-10-17(14-6-4-3-5-7-14)24-20(22-13)27-12-19(25)23-15-8-9-18(26-2)16(21)11-15/h3-11H,12H2,1-2H3,(H,23,25). The molecule has 2 aromatic carbocycles. The number of halogens is 1. The van der Waals surface area contributed by atoms with Crippen LogP contribution in [0.3, 0.4) is 0 Å². The maximum Gasteiger partial charge on any atom is 0.234 e. The normalized spacial score (nSPS) is 10.5. The van der Waals surface area contributed by atoms with Gasteiger partial charge in [0.2, 0.25) is 5.91 Å². The van der Waals surface area contributed by atoms with Crippen molar-refractivity contribution in [3.05, 3.63) is 65.3 Å². The minimum absolute atomic E-state index is 0.160.